The van der Waals surface area contributed by atoms with Crippen LogP contribution in [0.1, 0.15) is 11.4 Å². The summed E-state index contributed by atoms with van der Waals surface area (Å²) in [5, 5.41) is 1.07. The van der Waals surface area contributed by atoms with Crippen LogP contribution >= 0.6 is 23.3 Å². The Bertz CT molecular complexity index is 289. The maximum absolute atomic E-state index is 12.8. The molecule has 5 heteroatoms. The van der Waals surface area contributed by atoms with Gasteiger partial charge >= 0.3 is 0 Å². The van der Waals surface area contributed by atoms with E-state index in [1.807, 2.05) is 13.1 Å². The highest BCUT2D eigenvalue weighted by Crippen LogP contribution is 2.31. The molecule has 1 unspecified atom stereocenters. The highest BCUT2D eigenvalue weighted by molar-refractivity contribution is 7.98. The van der Waals surface area contributed by atoms with Crippen LogP contribution in [-0.4, -0.2) is 28.6 Å². The predicted molar refractivity (Wildman–Crippen MR) is 53.8 cm³/mol. The molecule has 72 valence electrons. The molecule has 0 N–H and O–H groups in total. The van der Waals surface area contributed by atoms with E-state index >= 15 is 0 Å². The van der Waals surface area contributed by atoms with Gasteiger partial charge in [0.2, 0.25) is 0 Å². The van der Waals surface area contributed by atoms with Gasteiger partial charge in [0.25, 0.3) is 0 Å². The van der Waals surface area contributed by atoms with E-state index < -0.39 is 6.17 Å². The van der Waals surface area contributed by atoms with Gasteiger partial charge in [-0.15, -0.1) is 11.3 Å². The topological polar surface area (TPSA) is 16.1 Å². The summed E-state index contributed by atoms with van der Waals surface area (Å²) in [6.45, 7) is 3.39. The molecule has 0 saturated carbocycles. The number of rotatable bonds is 2. The van der Waals surface area contributed by atoms with Crippen LogP contribution in [0.5, 0.6) is 0 Å². The Morgan fingerprint density at radius 2 is 2.62 bits per heavy atom. The van der Waals surface area contributed by atoms with Gasteiger partial charge in [-0.1, -0.05) is 0 Å². The average molecular weight is 218 g/mol. The quantitative estimate of drug-likeness (QED) is 0.710. The van der Waals surface area contributed by atoms with E-state index in [1.165, 1.54) is 0 Å². The van der Waals surface area contributed by atoms with Crippen molar-refractivity contribution in [2.75, 3.05) is 13.1 Å². The first-order valence-electron chi connectivity index (χ1n) is 4.23. The zero-order valence-corrected chi connectivity index (χ0v) is 9.00. The van der Waals surface area contributed by atoms with Gasteiger partial charge in [0.1, 0.15) is 6.17 Å². The molecule has 0 bridgehead atoms. The summed E-state index contributed by atoms with van der Waals surface area (Å²) in [4.78, 5) is 4.15. The molecule has 0 radical (unpaired) electrons. The summed E-state index contributed by atoms with van der Waals surface area (Å²) in [6.07, 6.45) is 1.89. The lowest BCUT2D eigenvalue weighted by atomic mass is 10.4. The third kappa shape index (κ3) is 2.42. The van der Waals surface area contributed by atoms with Crippen LogP contribution in [0.3, 0.4) is 0 Å². The van der Waals surface area contributed by atoms with Gasteiger partial charge in [-0.05, 0) is 25.3 Å². The molecule has 0 amide bonds. The molecule has 1 fully saturated rings. The maximum atomic E-state index is 12.8. The average Bonchev–Trinajstić information content (AvgIpc) is 2.62. The van der Waals surface area contributed by atoms with Gasteiger partial charge in [-0.2, -0.15) is 0 Å². The Hall–Kier alpha value is -0.130. The Labute approximate surface area is 85.3 Å². The summed E-state index contributed by atoms with van der Waals surface area (Å²) >= 11 is 3.29. The zero-order chi connectivity index (χ0) is 9.26. The third-order valence-corrected chi connectivity index (χ3v) is 3.97. The molecule has 0 aliphatic carbocycles. The second-order valence-electron chi connectivity index (χ2n) is 3.06. The Kier molecular flexibility index (Phi) is 2.86. The maximum Gasteiger partial charge on any atom is 0.115 e. The van der Waals surface area contributed by atoms with Crippen molar-refractivity contribution in [3.8, 4) is 0 Å². The van der Waals surface area contributed by atoms with Crippen LogP contribution in [0, 0.1) is 6.92 Å². The second kappa shape index (κ2) is 3.94. The normalized spacial score (nSPS) is 24.0. The van der Waals surface area contributed by atoms with Crippen molar-refractivity contribution in [3.05, 3.63) is 11.2 Å². The monoisotopic (exact) mass is 218 g/mol. The van der Waals surface area contributed by atoms with Crippen molar-refractivity contribution in [1.29, 1.82) is 0 Å². The summed E-state index contributed by atoms with van der Waals surface area (Å²) < 4.78 is 16.0. The molecule has 2 heterocycles. The smallest absolute Gasteiger partial charge is 0.115 e. The molecule has 2 nitrogen and oxygen atoms in total. The molecule has 1 aromatic rings. The fourth-order valence-electron chi connectivity index (χ4n) is 1.28. The highest BCUT2D eigenvalue weighted by Gasteiger charge is 2.22. The number of alkyl halides is 1. The first kappa shape index (κ1) is 9.43. The largest absolute Gasteiger partial charge is 0.249 e. The number of hydrogen-bond donors (Lipinski definition) is 0. The van der Waals surface area contributed by atoms with E-state index in [1.54, 1.807) is 23.3 Å². The van der Waals surface area contributed by atoms with E-state index in [4.69, 9.17) is 0 Å². The van der Waals surface area contributed by atoms with Crippen LogP contribution in [-0.2, 0) is 0 Å². The SMILES string of the molecule is Cc1ncc(SN2CCC(F)C2)s1. The lowest BCUT2D eigenvalue weighted by molar-refractivity contribution is 0.349. The van der Waals surface area contributed by atoms with E-state index in [9.17, 15) is 4.39 Å². The van der Waals surface area contributed by atoms with Crippen LogP contribution in [0.2, 0.25) is 0 Å². The first-order chi connectivity index (χ1) is 6.24. The molecular weight excluding hydrogens is 207 g/mol. The molecule has 1 aliphatic rings. The van der Waals surface area contributed by atoms with Crippen molar-refractivity contribution < 1.29 is 4.39 Å². The number of halogens is 1. The molecule has 1 aromatic heterocycles. The predicted octanol–water partition coefficient (Wildman–Crippen LogP) is 2.50. The minimum Gasteiger partial charge on any atom is -0.249 e. The third-order valence-electron chi connectivity index (χ3n) is 1.91. The van der Waals surface area contributed by atoms with E-state index in [-0.39, 0.29) is 0 Å². The number of thiazole rings is 1. The highest BCUT2D eigenvalue weighted by atomic mass is 32.2. The van der Waals surface area contributed by atoms with Crippen molar-refractivity contribution in [1.82, 2.24) is 9.29 Å². The first-order valence-corrected chi connectivity index (χ1v) is 5.82. The molecule has 1 atom stereocenters. The van der Waals surface area contributed by atoms with E-state index in [0.717, 1.165) is 15.8 Å². The molecular formula is C8H11FN2S2. The van der Waals surface area contributed by atoms with Crippen molar-refractivity contribution in [3.63, 3.8) is 0 Å². The summed E-state index contributed by atoms with van der Waals surface area (Å²) in [7, 11) is 0. The van der Waals surface area contributed by atoms with Crippen LogP contribution in [0.25, 0.3) is 0 Å². The molecule has 0 spiro atoms. The van der Waals surface area contributed by atoms with Gasteiger partial charge < -0.3 is 0 Å². The van der Waals surface area contributed by atoms with Gasteiger partial charge in [0.15, 0.2) is 0 Å². The minimum atomic E-state index is -0.637. The minimum absolute atomic E-state index is 0.557. The molecule has 2 rings (SSSR count). The molecule has 1 aliphatic heterocycles. The van der Waals surface area contributed by atoms with Gasteiger partial charge in [0.05, 0.1) is 15.4 Å². The lowest BCUT2D eigenvalue weighted by Gasteiger charge is -2.10. The number of aryl methyl sites for hydroxylation is 1. The van der Waals surface area contributed by atoms with Crippen molar-refractivity contribution in [2.45, 2.75) is 23.7 Å². The summed E-state index contributed by atoms with van der Waals surface area (Å²) in [5.41, 5.74) is 0. The van der Waals surface area contributed by atoms with Crippen LogP contribution in [0.15, 0.2) is 10.4 Å². The summed E-state index contributed by atoms with van der Waals surface area (Å²) in [5.74, 6) is 0. The molecule has 0 aromatic carbocycles. The lowest BCUT2D eigenvalue weighted by Crippen LogP contribution is -2.11. The molecule has 1 saturated heterocycles. The Balaban J connectivity index is 1.91. The zero-order valence-electron chi connectivity index (χ0n) is 7.36. The second-order valence-corrected chi connectivity index (χ2v) is 5.70. The van der Waals surface area contributed by atoms with Crippen molar-refractivity contribution >= 4 is 23.3 Å². The van der Waals surface area contributed by atoms with Crippen LogP contribution in [0.4, 0.5) is 4.39 Å². The Morgan fingerprint density at radius 3 is 3.15 bits per heavy atom. The number of aromatic nitrogens is 1. The van der Waals surface area contributed by atoms with Crippen LogP contribution < -0.4 is 0 Å². The van der Waals surface area contributed by atoms with E-state index in [0.29, 0.717) is 13.0 Å². The van der Waals surface area contributed by atoms with Crippen molar-refractivity contribution in [2.24, 2.45) is 0 Å². The number of nitrogens with zero attached hydrogens (tertiary/aromatic N) is 2. The fraction of sp³-hybridized carbons (Fsp3) is 0.625. The van der Waals surface area contributed by atoms with Gasteiger partial charge in [-0.3, -0.25) is 0 Å². The summed E-state index contributed by atoms with van der Waals surface area (Å²) in [6, 6.07) is 0. The fourth-order valence-corrected chi connectivity index (χ4v) is 3.40. The van der Waals surface area contributed by atoms with Gasteiger partial charge in [-0.25, -0.2) is 13.7 Å². The Morgan fingerprint density at radius 1 is 1.77 bits per heavy atom. The molecule has 13 heavy (non-hydrogen) atoms. The number of hydrogen-bond acceptors (Lipinski definition) is 4. The van der Waals surface area contributed by atoms with E-state index in [2.05, 4.69) is 9.29 Å². The van der Waals surface area contributed by atoms with Gasteiger partial charge in [0, 0.05) is 13.1 Å². The standard InChI is InChI=1S/C8H11FN2S2/c1-6-10-4-8(12-6)13-11-3-2-7(9)5-11/h4,7H,2-3,5H2,1H3.